The molecule has 0 aliphatic heterocycles. The van der Waals surface area contributed by atoms with Crippen molar-refractivity contribution in [3.63, 3.8) is 0 Å². The standard InChI is InChI=1S/C12H19NO3.C11H17NO4.6C11H17NO3.C10H15NO3.C9H13NO3/c1-6-10(14)13-7-12(4,5)8-16-11(15)9(2)3;1-4-10(13)12-5-6-15-7-8-16-11(14)9(2)3;1-5-10(13)12-6-9(4)7-15-11(14)8(2)3;1-5-10(13)12-9(4)6-7-15-11(14)8(2)3;1-5-10(13)12-7-6-9(4)15-11(14)8(2)3;1-5-9(12-10(13)6-2)7-15-11(14)8(3)4;1-5-9(7-12-10(13)6-2)15-11(14)8(3)4;1-4-10(13)12-7-5-6-8-15-11(14)9(2)3;1-4-9(12)11-6-5-7-14-10(13)8(2)3;1-4-8(11)10-5-6-13-9(12)7(2)3/h6H,1-2,7-8H2,3-5H3,(H,13,14);4H,1-2,5-8H2,3H3,(H,12,13);3*5,9H,1-2,6-7H2,3-4H3,(H,12,13);2*6,9H,2-3,5,7H2,1,4H3,(H,12,13);4H,1-2,5-8H2,3H3,(H,12,13);4H,1-2,5-7H2,3H3,(H,11,12);4H,1-2,5-6H2,3H3,(H,10,11). The Morgan fingerprint density at radius 2 is 0.577 bits per heavy atom. The van der Waals surface area contributed by atoms with E-state index in [4.69, 9.17) is 52.1 Å². The molecule has 0 spiro atoms. The molecular formula is C108H166N10O31. The minimum Gasteiger partial charge on any atom is -0.462 e. The third-order valence-electron chi connectivity index (χ3n) is 16.2. The van der Waals surface area contributed by atoms with Crippen LogP contribution in [0.2, 0.25) is 0 Å². The van der Waals surface area contributed by atoms with Gasteiger partial charge in [-0.2, -0.15) is 0 Å². The smallest absolute Gasteiger partial charge is 0.333 e. The summed E-state index contributed by atoms with van der Waals surface area (Å²) in [6, 6.07) is -0.229. The fourth-order valence-electron chi connectivity index (χ4n) is 7.54. The second-order valence-corrected chi connectivity index (χ2v) is 32.2. The number of hydrogen-bond donors (Lipinski definition) is 10. The molecule has 41 nitrogen and oxygen atoms in total. The lowest BCUT2D eigenvalue weighted by Crippen LogP contribution is -2.37. The molecule has 0 saturated heterocycles. The van der Waals surface area contributed by atoms with Crippen LogP contribution in [0.3, 0.4) is 0 Å². The largest absolute Gasteiger partial charge is 0.462 e. The van der Waals surface area contributed by atoms with Crippen LogP contribution in [-0.2, 0) is 148 Å². The van der Waals surface area contributed by atoms with E-state index in [-0.39, 0.29) is 153 Å². The summed E-state index contributed by atoms with van der Waals surface area (Å²) in [7, 11) is 0. The van der Waals surface area contributed by atoms with Gasteiger partial charge in [0, 0.05) is 125 Å². The van der Waals surface area contributed by atoms with Gasteiger partial charge in [0.15, 0.2) is 0 Å². The number of unbranched alkanes of at least 4 members (excludes halogenated alkanes) is 1. The molecule has 0 heterocycles. The van der Waals surface area contributed by atoms with Gasteiger partial charge in [-0.05, 0) is 176 Å². The third kappa shape index (κ3) is 111. The molecule has 41 heteroatoms. The number of rotatable bonds is 62. The summed E-state index contributed by atoms with van der Waals surface area (Å²) in [5.74, 6) is -6.50. The molecule has 0 saturated carbocycles. The van der Waals surface area contributed by atoms with E-state index >= 15 is 0 Å². The average molecular weight is 2100 g/mol. The van der Waals surface area contributed by atoms with Crippen LogP contribution in [0.15, 0.2) is 248 Å². The first-order valence-corrected chi connectivity index (χ1v) is 46.5. The van der Waals surface area contributed by atoms with Gasteiger partial charge in [-0.25, -0.2) is 47.9 Å². The van der Waals surface area contributed by atoms with Gasteiger partial charge in [0.1, 0.15) is 32.0 Å². The Bertz CT molecular complexity index is 4510. The molecule has 149 heavy (non-hydrogen) atoms. The maximum atomic E-state index is 11.2. The van der Waals surface area contributed by atoms with Crippen LogP contribution >= 0.6 is 0 Å². The van der Waals surface area contributed by atoms with Crippen LogP contribution in [0.4, 0.5) is 0 Å². The molecule has 0 aromatic carbocycles. The van der Waals surface area contributed by atoms with Gasteiger partial charge in [0.25, 0.3) is 0 Å². The molecule has 5 unspecified atom stereocenters. The Labute approximate surface area is 880 Å². The Balaban J connectivity index is -0.000000180. The molecule has 0 fully saturated rings. The van der Waals surface area contributed by atoms with E-state index in [0.717, 1.165) is 18.9 Å². The SMILES string of the molecule is C=CC(=O)NC(C)CCOC(=O)C(=C)C.C=CC(=O)NC(CC)COC(=O)C(=C)C.C=CC(=O)NCC(C)(C)COC(=O)C(=C)C.C=CC(=O)NCC(C)COC(=O)C(=C)C.C=CC(=O)NCC(CC)OC(=O)C(=C)C.C=CC(=O)NCCC(C)OC(=O)C(=C)C.C=CC(=O)NCCCCOC(=O)C(=C)C.C=CC(=O)NCCCOC(=O)C(=C)C.C=CC(=O)NCCOC(=O)C(=C)C.C=CC(=O)NCCOCCOC(=O)C(=C)C. The van der Waals surface area contributed by atoms with Gasteiger partial charge >= 0.3 is 59.7 Å². The van der Waals surface area contributed by atoms with Crippen molar-refractivity contribution in [1.82, 2.24) is 53.2 Å². The van der Waals surface area contributed by atoms with Crippen LogP contribution < -0.4 is 53.2 Å². The molecule has 0 aromatic heterocycles. The molecule has 5 atom stereocenters. The summed E-state index contributed by atoms with van der Waals surface area (Å²) in [6.45, 7) is 102. The zero-order valence-electron chi connectivity index (χ0n) is 90.6. The number of amides is 10. The fourth-order valence-corrected chi connectivity index (χ4v) is 7.54. The lowest BCUT2D eigenvalue weighted by atomic mass is 9.95. The maximum absolute atomic E-state index is 11.2. The van der Waals surface area contributed by atoms with Gasteiger partial charge < -0.3 is 105 Å². The first kappa shape index (κ1) is 153. The Morgan fingerprint density at radius 1 is 0.275 bits per heavy atom. The maximum Gasteiger partial charge on any atom is 0.333 e. The normalized spacial score (nSPS) is 10.3. The molecule has 834 valence electrons. The van der Waals surface area contributed by atoms with Crippen molar-refractivity contribution in [3.8, 4) is 0 Å². The number of esters is 10. The molecule has 10 N–H and O–H groups in total. The van der Waals surface area contributed by atoms with Crippen LogP contribution in [0.5, 0.6) is 0 Å². The fraction of sp³-hybridized carbons (Fsp3) is 0.444. The lowest BCUT2D eigenvalue weighted by Gasteiger charge is -2.24. The van der Waals surface area contributed by atoms with Crippen molar-refractivity contribution in [1.29, 1.82) is 0 Å². The Morgan fingerprint density at radius 3 is 0.960 bits per heavy atom. The van der Waals surface area contributed by atoms with Crippen molar-refractivity contribution < 1.29 is 148 Å². The highest BCUT2D eigenvalue weighted by atomic mass is 16.6. The summed E-state index contributed by atoms with van der Waals surface area (Å²) in [5, 5.41) is 25.9. The predicted molar refractivity (Wildman–Crippen MR) is 574 cm³/mol. The third-order valence-corrected chi connectivity index (χ3v) is 16.2. The predicted octanol–water partition coefficient (Wildman–Crippen LogP) is 10.0. The quantitative estimate of drug-likeness (QED) is 0.0117. The van der Waals surface area contributed by atoms with Gasteiger partial charge in [0.2, 0.25) is 59.1 Å². The van der Waals surface area contributed by atoms with Gasteiger partial charge in [0.05, 0.1) is 65.4 Å². The lowest BCUT2D eigenvalue weighted by molar-refractivity contribution is -0.145. The molecule has 10 amide bonds. The highest BCUT2D eigenvalue weighted by Crippen LogP contribution is 2.15. The van der Waals surface area contributed by atoms with Crippen LogP contribution in [0.25, 0.3) is 0 Å². The molecule has 0 aliphatic carbocycles. The highest BCUT2D eigenvalue weighted by molar-refractivity contribution is 5.94. The molecule has 0 aromatic rings. The Hall–Kier alpha value is -15.8. The number of ether oxygens (including phenoxy) is 11. The summed E-state index contributed by atoms with van der Waals surface area (Å²) in [6.07, 6.45) is 15.9. The van der Waals surface area contributed by atoms with E-state index in [0.29, 0.717) is 153 Å². The summed E-state index contributed by atoms with van der Waals surface area (Å²) >= 11 is 0. The second kappa shape index (κ2) is 99.5. The second-order valence-electron chi connectivity index (χ2n) is 32.2. The van der Waals surface area contributed by atoms with E-state index < -0.39 is 53.7 Å². The van der Waals surface area contributed by atoms with E-state index in [1.807, 2.05) is 41.5 Å². The number of carbonyl (C=O) groups is 20. The zero-order valence-corrected chi connectivity index (χ0v) is 90.6. The number of hydrogen-bond acceptors (Lipinski definition) is 31. The Kier molecular flexibility index (Phi) is 102. The summed E-state index contributed by atoms with van der Waals surface area (Å²) in [4.78, 5) is 218. The van der Waals surface area contributed by atoms with E-state index in [1.165, 1.54) is 54.7 Å². The van der Waals surface area contributed by atoms with E-state index in [2.05, 4.69) is 185 Å². The molecular weight excluding hydrogens is 1930 g/mol. The van der Waals surface area contributed by atoms with Gasteiger partial charge in [-0.15, -0.1) is 0 Å². The molecule has 0 radical (unpaired) electrons. The van der Waals surface area contributed by atoms with Gasteiger partial charge in [-0.1, -0.05) is 166 Å². The van der Waals surface area contributed by atoms with Crippen molar-refractivity contribution >= 4 is 119 Å². The molecule has 0 bridgehead atoms. The van der Waals surface area contributed by atoms with Crippen LogP contribution in [0.1, 0.15) is 163 Å². The summed E-state index contributed by atoms with van der Waals surface area (Å²) < 4.78 is 54.1. The van der Waals surface area contributed by atoms with E-state index in [9.17, 15) is 95.9 Å². The topological polar surface area (TPSA) is 563 Å². The first-order valence-electron chi connectivity index (χ1n) is 46.5. The minimum absolute atomic E-state index is 0.0478. The van der Waals surface area contributed by atoms with Crippen molar-refractivity contribution in [2.45, 2.75) is 187 Å². The molecule has 0 aliphatic rings. The number of carbonyl (C=O) groups excluding carboxylic acids is 20. The number of nitrogens with one attached hydrogen (secondary N) is 10. The first-order chi connectivity index (χ1) is 69.5. The summed E-state index contributed by atoms with van der Waals surface area (Å²) in [5.41, 5.74) is 3.34. The van der Waals surface area contributed by atoms with Crippen LogP contribution in [-0.4, -0.2) is 261 Å². The average Bonchev–Trinajstić information content (AvgIpc) is 0.933. The van der Waals surface area contributed by atoms with Crippen molar-refractivity contribution in [2.75, 3.05) is 118 Å². The highest BCUT2D eigenvalue weighted by Gasteiger charge is 2.22. The van der Waals surface area contributed by atoms with Gasteiger partial charge in [-0.3, -0.25) is 47.9 Å². The van der Waals surface area contributed by atoms with E-state index in [1.54, 1.807) is 76.2 Å². The zero-order chi connectivity index (χ0) is 117. The van der Waals surface area contributed by atoms with Crippen LogP contribution in [0, 0.1) is 11.3 Å². The van der Waals surface area contributed by atoms with Crippen molar-refractivity contribution in [2.24, 2.45) is 11.3 Å². The molecule has 0 rings (SSSR count). The monoisotopic (exact) mass is 2100 g/mol. The van der Waals surface area contributed by atoms with Crippen molar-refractivity contribution in [3.05, 3.63) is 248 Å². The minimum atomic E-state index is -0.451.